The summed E-state index contributed by atoms with van der Waals surface area (Å²) in [7, 11) is 1.49. The minimum absolute atomic E-state index is 0.288. The number of hydrogen-bond acceptors (Lipinski definition) is 5. The fourth-order valence-electron chi connectivity index (χ4n) is 3.23. The highest BCUT2D eigenvalue weighted by molar-refractivity contribution is 6.05. The van der Waals surface area contributed by atoms with Gasteiger partial charge in [0.2, 0.25) is 0 Å². The van der Waals surface area contributed by atoms with Crippen molar-refractivity contribution in [2.75, 3.05) is 7.11 Å². The molecule has 0 atom stereocenters. The fourth-order valence-corrected chi connectivity index (χ4v) is 3.23. The summed E-state index contributed by atoms with van der Waals surface area (Å²) in [5.74, 6) is -0.126. The summed E-state index contributed by atoms with van der Waals surface area (Å²) in [6, 6.07) is 26.9. The molecule has 0 aliphatic rings. The van der Waals surface area contributed by atoms with E-state index in [0.29, 0.717) is 22.4 Å². The second kappa shape index (κ2) is 9.57. The molecule has 0 aliphatic carbocycles. The number of ether oxygens (including phenoxy) is 2. The summed E-state index contributed by atoms with van der Waals surface area (Å²) in [5, 5.41) is 5.75. The van der Waals surface area contributed by atoms with Gasteiger partial charge in [-0.15, -0.1) is 0 Å². The van der Waals surface area contributed by atoms with E-state index in [1.165, 1.54) is 13.3 Å². The molecule has 0 bridgehead atoms. The topological polar surface area (TPSA) is 77.0 Å². The van der Waals surface area contributed by atoms with Gasteiger partial charge in [-0.05, 0) is 52.7 Å². The van der Waals surface area contributed by atoms with Crippen molar-refractivity contribution in [3.8, 4) is 11.5 Å². The zero-order valence-corrected chi connectivity index (χ0v) is 17.3. The van der Waals surface area contributed by atoms with Crippen molar-refractivity contribution in [2.45, 2.75) is 0 Å². The standard InChI is InChI=1S/C26H20N2O4/c1-31-24-16-18(17-27-28-25(29)20-9-3-2-4-10-20)14-15-23(24)32-26(30)22-13-7-11-19-8-5-6-12-21(19)22/h2-17H,1H3,(H,28,29)/b27-17-. The molecule has 0 fully saturated rings. The lowest BCUT2D eigenvalue weighted by atomic mass is 10.0. The van der Waals surface area contributed by atoms with Crippen LogP contribution in [0, 0.1) is 0 Å². The zero-order chi connectivity index (χ0) is 22.3. The third-order valence-corrected chi connectivity index (χ3v) is 4.82. The number of carbonyl (C=O) groups is 2. The van der Waals surface area contributed by atoms with E-state index in [2.05, 4.69) is 10.5 Å². The van der Waals surface area contributed by atoms with E-state index in [0.717, 1.165) is 10.8 Å². The molecule has 1 N–H and O–H groups in total. The van der Waals surface area contributed by atoms with Crippen LogP contribution < -0.4 is 14.9 Å². The largest absolute Gasteiger partial charge is 0.493 e. The Bertz CT molecular complexity index is 1290. The summed E-state index contributed by atoms with van der Waals surface area (Å²) in [6.07, 6.45) is 1.49. The first kappa shape index (κ1) is 20.8. The van der Waals surface area contributed by atoms with Crippen LogP contribution in [-0.4, -0.2) is 25.2 Å². The van der Waals surface area contributed by atoms with E-state index >= 15 is 0 Å². The molecule has 6 nitrogen and oxygen atoms in total. The molecular formula is C26H20N2O4. The number of benzene rings is 4. The average molecular weight is 424 g/mol. The summed E-state index contributed by atoms with van der Waals surface area (Å²) in [6.45, 7) is 0. The maximum absolute atomic E-state index is 12.8. The van der Waals surface area contributed by atoms with Crippen LogP contribution in [0.3, 0.4) is 0 Å². The van der Waals surface area contributed by atoms with Crippen LogP contribution in [0.5, 0.6) is 11.5 Å². The Morgan fingerprint density at radius 2 is 1.59 bits per heavy atom. The van der Waals surface area contributed by atoms with Gasteiger partial charge < -0.3 is 9.47 Å². The van der Waals surface area contributed by atoms with E-state index in [-0.39, 0.29) is 11.7 Å². The molecular weight excluding hydrogens is 404 g/mol. The van der Waals surface area contributed by atoms with E-state index in [9.17, 15) is 9.59 Å². The Morgan fingerprint density at radius 3 is 2.41 bits per heavy atom. The van der Waals surface area contributed by atoms with E-state index < -0.39 is 5.97 Å². The smallest absolute Gasteiger partial charge is 0.344 e. The predicted molar refractivity (Wildman–Crippen MR) is 123 cm³/mol. The molecule has 32 heavy (non-hydrogen) atoms. The summed E-state index contributed by atoms with van der Waals surface area (Å²) < 4.78 is 11.0. The number of hydrazone groups is 1. The van der Waals surface area contributed by atoms with Gasteiger partial charge in [0.1, 0.15) is 0 Å². The van der Waals surface area contributed by atoms with Crippen molar-refractivity contribution in [3.63, 3.8) is 0 Å². The molecule has 0 spiro atoms. The third kappa shape index (κ3) is 4.65. The molecule has 4 aromatic carbocycles. The number of nitrogens with one attached hydrogen (secondary N) is 1. The van der Waals surface area contributed by atoms with Crippen LogP contribution in [-0.2, 0) is 0 Å². The van der Waals surface area contributed by atoms with Gasteiger partial charge in [0.15, 0.2) is 11.5 Å². The van der Waals surface area contributed by atoms with Gasteiger partial charge in [-0.3, -0.25) is 4.79 Å². The second-order valence-electron chi connectivity index (χ2n) is 6.89. The van der Waals surface area contributed by atoms with Gasteiger partial charge in [-0.2, -0.15) is 5.10 Å². The Kier molecular flexibility index (Phi) is 6.22. The molecule has 0 saturated heterocycles. The number of rotatable bonds is 6. The Labute approximate surface area is 185 Å². The molecule has 0 heterocycles. The Hall–Kier alpha value is -4.45. The van der Waals surface area contributed by atoms with E-state index in [1.807, 2.05) is 42.5 Å². The van der Waals surface area contributed by atoms with Crippen LogP contribution in [0.2, 0.25) is 0 Å². The fraction of sp³-hybridized carbons (Fsp3) is 0.0385. The van der Waals surface area contributed by atoms with Gasteiger partial charge in [0.25, 0.3) is 5.91 Å². The molecule has 158 valence electrons. The van der Waals surface area contributed by atoms with Crippen molar-refractivity contribution in [3.05, 3.63) is 108 Å². The number of methoxy groups -OCH3 is 1. The number of carbonyl (C=O) groups excluding carboxylic acids is 2. The molecule has 0 saturated carbocycles. The van der Waals surface area contributed by atoms with Crippen LogP contribution in [0.25, 0.3) is 10.8 Å². The number of nitrogens with zero attached hydrogens (tertiary/aromatic N) is 1. The van der Waals surface area contributed by atoms with Crippen molar-refractivity contribution < 1.29 is 19.1 Å². The first-order valence-corrected chi connectivity index (χ1v) is 9.92. The van der Waals surface area contributed by atoms with Gasteiger partial charge in [-0.25, -0.2) is 10.2 Å². The molecule has 4 aromatic rings. The van der Waals surface area contributed by atoms with Crippen molar-refractivity contribution in [2.24, 2.45) is 5.10 Å². The second-order valence-corrected chi connectivity index (χ2v) is 6.89. The molecule has 1 amide bonds. The summed E-state index contributed by atoms with van der Waals surface area (Å²) in [4.78, 5) is 24.9. The van der Waals surface area contributed by atoms with Gasteiger partial charge >= 0.3 is 5.97 Å². The molecule has 0 aromatic heterocycles. The van der Waals surface area contributed by atoms with Crippen LogP contribution in [0.1, 0.15) is 26.3 Å². The van der Waals surface area contributed by atoms with Gasteiger partial charge in [0.05, 0.1) is 18.9 Å². The van der Waals surface area contributed by atoms with Gasteiger partial charge in [0, 0.05) is 5.56 Å². The molecule has 6 heteroatoms. The molecule has 0 unspecified atom stereocenters. The minimum Gasteiger partial charge on any atom is -0.493 e. The number of esters is 1. The van der Waals surface area contributed by atoms with Crippen LogP contribution >= 0.6 is 0 Å². The van der Waals surface area contributed by atoms with Crippen molar-refractivity contribution >= 4 is 28.9 Å². The quantitative estimate of drug-likeness (QED) is 0.208. The number of amides is 1. The van der Waals surface area contributed by atoms with Crippen molar-refractivity contribution in [1.29, 1.82) is 0 Å². The Morgan fingerprint density at radius 1 is 0.844 bits per heavy atom. The number of hydrogen-bond donors (Lipinski definition) is 1. The average Bonchev–Trinajstić information content (AvgIpc) is 2.84. The lowest BCUT2D eigenvalue weighted by Gasteiger charge is -2.11. The maximum Gasteiger partial charge on any atom is 0.344 e. The molecule has 0 aliphatic heterocycles. The monoisotopic (exact) mass is 424 g/mol. The van der Waals surface area contributed by atoms with Crippen molar-refractivity contribution in [1.82, 2.24) is 5.43 Å². The maximum atomic E-state index is 12.8. The Balaban J connectivity index is 1.48. The van der Waals surface area contributed by atoms with Crippen LogP contribution in [0.15, 0.2) is 96.1 Å². The predicted octanol–water partition coefficient (Wildman–Crippen LogP) is 4.83. The molecule has 4 rings (SSSR count). The lowest BCUT2D eigenvalue weighted by molar-refractivity contribution is 0.0731. The molecule has 0 radical (unpaired) electrons. The highest BCUT2D eigenvalue weighted by Crippen LogP contribution is 2.29. The normalized spacial score (nSPS) is 10.8. The lowest BCUT2D eigenvalue weighted by Crippen LogP contribution is -2.17. The highest BCUT2D eigenvalue weighted by atomic mass is 16.6. The summed E-state index contributed by atoms with van der Waals surface area (Å²) in [5.41, 5.74) is 4.13. The van der Waals surface area contributed by atoms with Crippen LogP contribution in [0.4, 0.5) is 0 Å². The third-order valence-electron chi connectivity index (χ3n) is 4.82. The van der Waals surface area contributed by atoms with Gasteiger partial charge in [-0.1, -0.05) is 54.6 Å². The summed E-state index contributed by atoms with van der Waals surface area (Å²) >= 11 is 0. The SMILES string of the molecule is COc1cc(/C=N\NC(=O)c2ccccc2)ccc1OC(=O)c1cccc2ccccc12. The first-order chi connectivity index (χ1) is 15.7. The minimum atomic E-state index is -0.475. The highest BCUT2D eigenvalue weighted by Gasteiger charge is 2.15. The zero-order valence-electron chi connectivity index (χ0n) is 17.3. The van der Waals surface area contributed by atoms with E-state index in [4.69, 9.17) is 9.47 Å². The number of fused-ring (bicyclic) bond motifs is 1. The van der Waals surface area contributed by atoms with E-state index in [1.54, 1.807) is 48.5 Å². The first-order valence-electron chi connectivity index (χ1n) is 9.92.